The molecule has 1 saturated heterocycles. The first-order chi connectivity index (χ1) is 11.0. The number of piperazine rings is 1. The fraction of sp³-hybridized carbons (Fsp3) is 0.562. The molecule has 8 heteroatoms. The molecule has 1 aliphatic heterocycles. The Labute approximate surface area is 138 Å². The standard InChI is InChI=1S/C16H20F3N3O2/c1-15(2,3)11-8-12(20-24)10-13(9-11)21-4-6-22(7-5-21)14(23)16(17,18)19/h8-10H,4-7H2,1-3H3. The molecule has 0 atom stereocenters. The largest absolute Gasteiger partial charge is 0.471 e. The van der Waals surface area contributed by atoms with Crippen LogP contribution >= 0.6 is 0 Å². The summed E-state index contributed by atoms with van der Waals surface area (Å²) in [5.74, 6) is -1.80. The van der Waals surface area contributed by atoms with Crippen LogP contribution in [-0.4, -0.2) is 43.2 Å². The van der Waals surface area contributed by atoms with Gasteiger partial charge >= 0.3 is 12.1 Å². The minimum absolute atomic E-state index is 0.0120. The number of halogens is 3. The van der Waals surface area contributed by atoms with Gasteiger partial charge in [0.2, 0.25) is 0 Å². The molecule has 132 valence electrons. The number of amides is 1. The van der Waals surface area contributed by atoms with Crippen LogP contribution in [0.2, 0.25) is 0 Å². The summed E-state index contributed by atoms with van der Waals surface area (Å²) >= 11 is 0. The zero-order valence-corrected chi connectivity index (χ0v) is 13.9. The number of benzene rings is 1. The van der Waals surface area contributed by atoms with Gasteiger partial charge in [-0.2, -0.15) is 13.2 Å². The SMILES string of the molecule is CC(C)(C)c1cc(N=O)cc(N2CCN(C(=O)C(F)(F)F)CC2)c1. The molecule has 0 radical (unpaired) electrons. The third kappa shape index (κ3) is 4.04. The van der Waals surface area contributed by atoms with E-state index in [0.29, 0.717) is 0 Å². The van der Waals surface area contributed by atoms with Crippen LogP contribution in [0.3, 0.4) is 0 Å². The monoisotopic (exact) mass is 343 g/mol. The lowest BCUT2D eigenvalue weighted by Gasteiger charge is -2.36. The van der Waals surface area contributed by atoms with Crippen molar-refractivity contribution in [3.8, 4) is 0 Å². The average molecular weight is 343 g/mol. The first-order valence-corrected chi connectivity index (χ1v) is 7.62. The quantitative estimate of drug-likeness (QED) is 0.771. The smallest absolute Gasteiger partial charge is 0.368 e. The lowest BCUT2D eigenvalue weighted by atomic mass is 9.86. The fourth-order valence-electron chi connectivity index (χ4n) is 2.61. The molecule has 0 aliphatic carbocycles. The van der Waals surface area contributed by atoms with Crippen LogP contribution in [0.15, 0.2) is 23.4 Å². The van der Waals surface area contributed by atoms with Crippen molar-refractivity contribution in [1.29, 1.82) is 0 Å². The highest BCUT2D eigenvalue weighted by Crippen LogP contribution is 2.32. The predicted molar refractivity (Wildman–Crippen MR) is 85.4 cm³/mol. The van der Waals surface area contributed by atoms with Crippen molar-refractivity contribution >= 4 is 17.3 Å². The summed E-state index contributed by atoms with van der Waals surface area (Å²) in [6.45, 7) is 6.52. The molecule has 1 aromatic rings. The molecule has 0 N–H and O–H groups in total. The molecular formula is C16H20F3N3O2. The normalized spacial score (nSPS) is 16.2. The van der Waals surface area contributed by atoms with Crippen LogP contribution in [0.25, 0.3) is 0 Å². The van der Waals surface area contributed by atoms with Crippen molar-refractivity contribution in [2.24, 2.45) is 5.18 Å². The number of carbonyl (C=O) groups is 1. The molecule has 1 fully saturated rings. The van der Waals surface area contributed by atoms with E-state index in [4.69, 9.17) is 0 Å². The second kappa shape index (κ2) is 6.41. The number of carbonyl (C=O) groups excluding carboxylic acids is 1. The van der Waals surface area contributed by atoms with Gasteiger partial charge in [0, 0.05) is 31.9 Å². The van der Waals surface area contributed by atoms with Crippen molar-refractivity contribution in [3.63, 3.8) is 0 Å². The number of hydrogen-bond acceptors (Lipinski definition) is 4. The van der Waals surface area contributed by atoms with E-state index in [0.717, 1.165) is 16.2 Å². The molecule has 2 rings (SSSR count). The lowest BCUT2D eigenvalue weighted by Crippen LogP contribution is -2.52. The summed E-state index contributed by atoms with van der Waals surface area (Å²) in [4.78, 5) is 24.9. The topological polar surface area (TPSA) is 53.0 Å². The average Bonchev–Trinajstić information content (AvgIpc) is 2.52. The van der Waals surface area contributed by atoms with Gasteiger partial charge in [0.15, 0.2) is 0 Å². The van der Waals surface area contributed by atoms with Crippen LogP contribution in [0.4, 0.5) is 24.5 Å². The minimum atomic E-state index is -4.84. The second-order valence-corrected chi connectivity index (χ2v) is 6.86. The molecule has 0 spiro atoms. The Morgan fingerprint density at radius 1 is 1.04 bits per heavy atom. The minimum Gasteiger partial charge on any atom is -0.368 e. The molecule has 0 bridgehead atoms. The van der Waals surface area contributed by atoms with Gasteiger partial charge in [-0.05, 0) is 34.4 Å². The fourth-order valence-corrected chi connectivity index (χ4v) is 2.61. The Balaban J connectivity index is 2.17. The molecule has 0 unspecified atom stereocenters. The van der Waals surface area contributed by atoms with Gasteiger partial charge in [0.05, 0.1) is 0 Å². The van der Waals surface area contributed by atoms with E-state index in [9.17, 15) is 22.9 Å². The highest BCUT2D eigenvalue weighted by Gasteiger charge is 2.43. The van der Waals surface area contributed by atoms with Gasteiger partial charge in [-0.25, -0.2) is 0 Å². The van der Waals surface area contributed by atoms with E-state index in [1.165, 1.54) is 0 Å². The maximum Gasteiger partial charge on any atom is 0.471 e. The molecule has 1 aliphatic rings. The third-order valence-corrected chi connectivity index (χ3v) is 4.05. The maximum atomic E-state index is 12.5. The number of hydrogen-bond donors (Lipinski definition) is 0. The van der Waals surface area contributed by atoms with Gasteiger partial charge in [0.25, 0.3) is 0 Å². The van der Waals surface area contributed by atoms with E-state index in [2.05, 4.69) is 5.18 Å². The van der Waals surface area contributed by atoms with Crippen molar-refractivity contribution in [3.05, 3.63) is 28.7 Å². The van der Waals surface area contributed by atoms with Crippen LogP contribution in [0.1, 0.15) is 26.3 Å². The van der Waals surface area contributed by atoms with Crippen molar-refractivity contribution in [2.45, 2.75) is 32.4 Å². The van der Waals surface area contributed by atoms with Crippen LogP contribution in [-0.2, 0) is 10.2 Å². The van der Waals surface area contributed by atoms with Crippen molar-refractivity contribution in [2.75, 3.05) is 31.1 Å². The maximum absolute atomic E-state index is 12.5. The van der Waals surface area contributed by atoms with Crippen LogP contribution < -0.4 is 4.90 Å². The summed E-state index contributed by atoms with van der Waals surface area (Å²) in [7, 11) is 0. The Bertz CT molecular complexity index is 630. The number of nitrogens with zero attached hydrogens (tertiary/aromatic N) is 3. The molecular weight excluding hydrogens is 323 g/mol. The highest BCUT2D eigenvalue weighted by molar-refractivity contribution is 5.82. The highest BCUT2D eigenvalue weighted by atomic mass is 19.4. The summed E-state index contributed by atoms with van der Waals surface area (Å²) in [6, 6.07) is 5.24. The molecule has 1 heterocycles. The molecule has 5 nitrogen and oxygen atoms in total. The van der Waals surface area contributed by atoms with E-state index in [1.807, 2.05) is 31.7 Å². The number of alkyl halides is 3. The summed E-state index contributed by atoms with van der Waals surface area (Å²) in [5.41, 5.74) is 1.74. The van der Waals surface area contributed by atoms with E-state index in [-0.39, 0.29) is 37.3 Å². The van der Waals surface area contributed by atoms with Gasteiger partial charge in [-0.1, -0.05) is 20.8 Å². The molecule has 0 saturated carbocycles. The third-order valence-electron chi connectivity index (χ3n) is 4.05. The van der Waals surface area contributed by atoms with Crippen molar-refractivity contribution < 1.29 is 18.0 Å². The number of anilines is 1. The van der Waals surface area contributed by atoms with Gasteiger partial charge < -0.3 is 9.80 Å². The summed E-state index contributed by atoms with van der Waals surface area (Å²) in [5, 5.41) is 2.99. The van der Waals surface area contributed by atoms with E-state index >= 15 is 0 Å². The summed E-state index contributed by atoms with van der Waals surface area (Å²) in [6.07, 6.45) is -4.84. The second-order valence-electron chi connectivity index (χ2n) is 6.86. The first-order valence-electron chi connectivity index (χ1n) is 7.62. The Morgan fingerprint density at radius 3 is 2.08 bits per heavy atom. The van der Waals surface area contributed by atoms with Crippen molar-refractivity contribution in [1.82, 2.24) is 4.90 Å². The summed E-state index contributed by atoms with van der Waals surface area (Å²) < 4.78 is 37.5. The van der Waals surface area contributed by atoms with Gasteiger partial charge in [0.1, 0.15) is 5.69 Å². The number of nitroso groups, excluding NO2 is 1. The zero-order valence-electron chi connectivity index (χ0n) is 13.9. The first kappa shape index (κ1) is 18.2. The Hall–Kier alpha value is -2.12. The molecule has 0 aromatic heterocycles. The lowest BCUT2D eigenvalue weighted by molar-refractivity contribution is -0.185. The Kier molecular flexibility index (Phi) is 4.87. The zero-order chi connectivity index (χ0) is 18.1. The molecule has 1 amide bonds. The van der Waals surface area contributed by atoms with Gasteiger partial charge in [-0.3, -0.25) is 4.79 Å². The van der Waals surface area contributed by atoms with Gasteiger partial charge in [-0.15, -0.1) is 4.91 Å². The van der Waals surface area contributed by atoms with E-state index < -0.39 is 12.1 Å². The molecule has 24 heavy (non-hydrogen) atoms. The molecule has 1 aromatic carbocycles. The number of rotatable bonds is 2. The van der Waals surface area contributed by atoms with Crippen LogP contribution in [0, 0.1) is 4.91 Å². The predicted octanol–water partition coefficient (Wildman–Crippen LogP) is 3.59. The van der Waals surface area contributed by atoms with E-state index in [1.54, 1.807) is 12.1 Å². The Morgan fingerprint density at radius 2 is 1.62 bits per heavy atom. The van der Waals surface area contributed by atoms with Crippen LogP contribution in [0.5, 0.6) is 0 Å².